The highest BCUT2D eigenvalue weighted by molar-refractivity contribution is 5.85. The van der Waals surface area contributed by atoms with Gasteiger partial charge >= 0.3 is 5.97 Å². The molecule has 0 saturated heterocycles. The smallest absolute Gasteiger partial charge is 0.307 e. The summed E-state index contributed by atoms with van der Waals surface area (Å²) in [4.78, 5) is 23.4. The van der Waals surface area contributed by atoms with E-state index in [0.717, 1.165) is 12.8 Å². The van der Waals surface area contributed by atoms with Crippen LogP contribution in [0.5, 0.6) is 0 Å². The van der Waals surface area contributed by atoms with Crippen molar-refractivity contribution in [2.75, 3.05) is 6.54 Å². The Labute approximate surface area is 114 Å². The fourth-order valence-corrected chi connectivity index (χ4v) is 3.00. The van der Waals surface area contributed by atoms with Crippen LogP contribution in [0.2, 0.25) is 0 Å². The van der Waals surface area contributed by atoms with Gasteiger partial charge in [0.25, 0.3) is 0 Å². The average molecular weight is 265 g/mol. The number of amides is 1. The molecule has 0 unspecified atom stereocenters. The molecular formula is C15H23NO3. The molecule has 0 aromatic rings. The highest BCUT2D eigenvalue weighted by Gasteiger charge is 2.42. The van der Waals surface area contributed by atoms with E-state index in [1.54, 1.807) is 0 Å². The largest absolute Gasteiger partial charge is 0.481 e. The molecule has 0 bridgehead atoms. The Morgan fingerprint density at radius 3 is 2.42 bits per heavy atom. The number of carboxylic acids is 1. The van der Waals surface area contributed by atoms with Gasteiger partial charge in [0.15, 0.2) is 0 Å². The number of hydrogen-bond donors (Lipinski definition) is 2. The Bertz CT molecular complexity index is 385. The first-order valence-electron chi connectivity index (χ1n) is 7.23. The quantitative estimate of drug-likeness (QED) is 0.724. The lowest BCUT2D eigenvalue weighted by atomic mass is 9.82. The predicted molar refractivity (Wildman–Crippen MR) is 72.6 cm³/mol. The monoisotopic (exact) mass is 265 g/mol. The van der Waals surface area contributed by atoms with Crippen molar-refractivity contribution in [1.82, 2.24) is 5.32 Å². The van der Waals surface area contributed by atoms with Crippen molar-refractivity contribution in [2.24, 2.45) is 17.3 Å². The zero-order valence-electron chi connectivity index (χ0n) is 11.5. The van der Waals surface area contributed by atoms with Gasteiger partial charge in [-0.15, -0.1) is 0 Å². The van der Waals surface area contributed by atoms with Crippen LogP contribution in [0.15, 0.2) is 12.2 Å². The number of carbonyl (C=O) groups excluding carboxylic acids is 1. The number of allylic oxidation sites excluding steroid dienone is 2. The molecule has 1 fully saturated rings. The molecule has 1 amide bonds. The van der Waals surface area contributed by atoms with E-state index in [0.29, 0.717) is 24.8 Å². The molecule has 2 rings (SSSR count). The number of aliphatic carboxylic acids is 1. The highest BCUT2D eigenvalue weighted by Crippen LogP contribution is 2.49. The van der Waals surface area contributed by atoms with Gasteiger partial charge in [0.2, 0.25) is 5.91 Å². The van der Waals surface area contributed by atoms with Crippen LogP contribution < -0.4 is 5.32 Å². The van der Waals surface area contributed by atoms with Crippen LogP contribution >= 0.6 is 0 Å². The van der Waals surface area contributed by atoms with Gasteiger partial charge in [-0.25, -0.2) is 0 Å². The molecule has 106 valence electrons. The van der Waals surface area contributed by atoms with Gasteiger partial charge in [-0.05, 0) is 37.5 Å². The summed E-state index contributed by atoms with van der Waals surface area (Å²) < 4.78 is 0. The molecule has 0 heterocycles. The molecule has 2 aliphatic rings. The van der Waals surface area contributed by atoms with E-state index in [2.05, 4.69) is 12.2 Å². The fourth-order valence-electron chi connectivity index (χ4n) is 3.00. The molecule has 1 saturated carbocycles. The highest BCUT2D eigenvalue weighted by atomic mass is 16.4. The van der Waals surface area contributed by atoms with Gasteiger partial charge in [-0.1, -0.05) is 25.5 Å². The molecule has 0 aliphatic heterocycles. The van der Waals surface area contributed by atoms with Gasteiger partial charge in [0, 0.05) is 6.54 Å². The number of rotatable bonds is 6. The van der Waals surface area contributed by atoms with Crippen LogP contribution in [0.3, 0.4) is 0 Å². The van der Waals surface area contributed by atoms with E-state index >= 15 is 0 Å². The average Bonchev–Trinajstić information content (AvgIpc) is 3.17. The van der Waals surface area contributed by atoms with E-state index in [-0.39, 0.29) is 5.91 Å². The molecule has 2 atom stereocenters. The number of nitrogens with one attached hydrogen (secondary N) is 1. The molecule has 2 aliphatic carbocycles. The van der Waals surface area contributed by atoms with Crippen molar-refractivity contribution in [3.63, 3.8) is 0 Å². The van der Waals surface area contributed by atoms with Crippen LogP contribution in [0.4, 0.5) is 0 Å². The van der Waals surface area contributed by atoms with Crippen LogP contribution in [0, 0.1) is 17.3 Å². The maximum atomic E-state index is 12.2. The molecule has 0 spiro atoms. The van der Waals surface area contributed by atoms with Gasteiger partial charge in [0.1, 0.15) is 0 Å². The predicted octanol–water partition coefficient (Wildman–Crippen LogP) is 2.35. The molecule has 4 nitrogen and oxygen atoms in total. The second-order valence-corrected chi connectivity index (χ2v) is 5.96. The zero-order chi connectivity index (χ0) is 13.9. The third kappa shape index (κ3) is 3.37. The summed E-state index contributed by atoms with van der Waals surface area (Å²) in [7, 11) is 0. The first-order chi connectivity index (χ1) is 9.08. The first-order valence-corrected chi connectivity index (χ1v) is 7.23. The van der Waals surface area contributed by atoms with Gasteiger partial charge < -0.3 is 10.4 Å². The second-order valence-electron chi connectivity index (χ2n) is 5.96. The Morgan fingerprint density at radius 2 is 1.89 bits per heavy atom. The van der Waals surface area contributed by atoms with E-state index < -0.39 is 17.8 Å². The van der Waals surface area contributed by atoms with Crippen molar-refractivity contribution in [2.45, 2.75) is 45.4 Å². The van der Waals surface area contributed by atoms with Crippen LogP contribution in [0.25, 0.3) is 0 Å². The first kappa shape index (κ1) is 14.1. The van der Waals surface area contributed by atoms with Crippen LogP contribution in [-0.4, -0.2) is 23.5 Å². The summed E-state index contributed by atoms with van der Waals surface area (Å²) in [6.07, 6.45) is 9.46. The Morgan fingerprint density at radius 1 is 1.26 bits per heavy atom. The number of carbonyl (C=O) groups is 2. The van der Waals surface area contributed by atoms with Crippen molar-refractivity contribution in [3.05, 3.63) is 12.2 Å². The SMILES string of the molecule is CCCC1(CNC(=O)[C@@H]2CC=CC[C@@H]2C(=O)O)CC1. The Hall–Kier alpha value is -1.32. The third-order valence-corrected chi connectivity index (χ3v) is 4.46. The minimum Gasteiger partial charge on any atom is -0.481 e. The summed E-state index contributed by atoms with van der Waals surface area (Å²) in [6, 6.07) is 0. The molecule has 4 heteroatoms. The molecule has 0 aromatic heterocycles. The van der Waals surface area contributed by atoms with Gasteiger partial charge in [-0.2, -0.15) is 0 Å². The lowest BCUT2D eigenvalue weighted by molar-refractivity contribution is -0.147. The Kier molecular flexibility index (Phi) is 4.27. The molecule has 0 radical (unpaired) electrons. The van der Waals surface area contributed by atoms with Crippen molar-refractivity contribution in [1.29, 1.82) is 0 Å². The van der Waals surface area contributed by atoms with E-state index in [1.807, 2.05) is 12.2 Å². The van der Waals surface area contributed by atoms with E-state index in [9.17, 15) is 9.59 Å². The van der Waals surface area contributed by atoms with Crippen molar-refractivity contribution < 1.29 is 14.7 Å². The topological polar surface area (TPSA) is 66.4 Å². The summed E-state index contributed by atoms with van der Waals surface area (Å²) in [5, 5.41) is 12.2. The summed E-state index contributed by atoms with van der Waals surface area (Å²) >= 11 is 0. The third-order valence-electron chi connectivity index (χ3n) is 4.46. The number of carboxylic acid groups (broad SMARTS) is 1. The molecular weight excluding hydrogens is 242 g/mol. The number of hydrogen-bond acceptors (Lipinski definition) is 2. The standard InChI is InChI=1S/C15H23NO3/c1-2-7-15(8-9-15)10-16-13(17)11-5-3-4-6-12(11)14(18)19/h3-4,11-12H,2,5-10H2,1H3,(H,16,17)(H,18,19)/t11-,12+/m1/s1. The molecule has 0 aromatic carbocycles. The lowest BCUT2D eigenvalue weighted by Crippen LogP contribution is -2.41. The second kappa shape index (κ2) is 5.76. The van der Waals surface area contributed by atoms with Crippen molar-refractivity contribution >= 4 is 11.9 Å². The van der Waals surface area contributed by atoms with E-state index in [1.165, 1.54) is 12.8 Å². The van der Waals surface area contributed by atoms with Crippen molar-refractivity contribution in [3.8, 4) is 0 Å². The normalized spacial score (nSPS) is 27.8. The minimum absolute atomic E-state index is 0.0841. The minimum atomic E-state index is -0.862. The summed E-state index contributed by atoms with van der Waals surface area (Å²) in [5.41, 5.74) is 0.313. The van der Waals surface area contributed by atoms with Gasteiger partial charge in [0.05, 0.1) is 11.8 Å². The van der Waals surface area contributed by atoms with Gasteiger partial charge in [-0.3, -0.25) is 9.59 Å². The molecule has 2 N–H and O–H groups in total. The molecule has 19 heavy (non-hydrogen) atoms. The van der Waals surface area contributed by atoms with E-state index in [4.69, 9.17) is 5.11 Å². The maximum Gasteiger partial charge on any atom is 0.307 e. The van der Waals surface area contributed by atoms with Crippen LogP contribution in [0.1, 0.15) is 45.4 Å². The summed E-state index contributed by atoms with van der Waals surface area (Å²) in [6.45, 7) is 2.88. The van der Waals surface area contributed by atoms with Crippen LogP contribution in [-0.2, 0) is 9.59 Å². The summed E-state index contributed by atoms with van der Waals surface area (Å²) in [5.74, 6) is -1.91. The fraction of sp³-hybridized carbons (Fsp3) is 0.733. The zero-order valence-corrected chi connectivity index (χ0v) is 11.5. The maximum absolute atomic E-state index is 12.2. The lowest BCUT2D eigenvalue weighted by Gasteiger charge is -2.25. The Balaban J connectivity index is 1.88.